The zero-order valence-corrected chi connectivity index (χ0v) is 20.2. The molecule has 0 spiro atoms. The molecule has 0 amide bonds. The van der Waals surface area contributed by atoms with Gasteiger partial charge in [0.15, 0.2) is 17.0 Å². The summed E-state index contributed by atoms with van der Waals surface area (Å²) in [6, 6.07) is 17.6. The summed E-state index contributed by atoms with van der Waals surface area (Å²) in [5, 5.41) is 0. The van der Waals surface area contributed by atoms with Crippen LogP contribution in [0.5, 0.6) is 0 Å². The van der Waals surface area contributed by atoms with Crippen LogP contribution in [0.2, 0.25) is 0 Å². The number of rotatable bonds is 10. The number of nitrogens with zero attached hydrogens (tertiary/aromatic N) is 4. The van der Waals surface area contributed by atoms with Crippen molar-refractivity contribution in [3.8, 4) is 0 Å². The maximum atomic E-state index is 6.12. The van der Waals surface area contributed by atoms with E-state index in [9.17, 15) is 0 Å². The number of benzene rings is 2. The molecule has 6 heteroatoms. The first kappa shape index (κ1) is 23.6. The molecule has 0 atom stereocenters. The first-order valence-corrected chi connectivity index (χ1v) is 12.3. The fourth-order valence-corrected chi connectivity index (χ4v) is 4.20. The number of aromatic nitrogens is 4. The van der Waals surface area contributed by atoms with Crippen LogP contribution in [0.4, 0.5) is 11.8 Å². The maximum Gasteiger partial charge on any atom is 0.224 e. The fraction of sp³-hybridized carbons (Fsp3) is 0.357. The van der Waals surface area contributed by atoms with Crippen LogP contribution in [0.3, 0.4) is 0 Å². The van der Waals surface area contributed by atoms with E-state index < -0.39 is 0 Å². The predicted molar refractivity (Wildman–Crippen MR) is 140 cm³/mol. The minimum Gasteiger partial charge on any atom is -0.382 e. The highest BCUT2D eigenvalue weighted by Gasteiger charge is 2.15. The van der Waals surface area contributed by atoms with E-state index in [0.29, 0.717) is 24.0 Å². The lowest BCUT2D eigenvalue weighted by Crippen LogP contribution is -2.09. The molecule has 0 saturated carbocycles. The van der Waals surface area contributed by atoms with Crippen molar-refractivity contribution in [1.82, 2.24) is 19.9 Å². The molecule has 0 unspecified atom stereocenters. The van der Waals surface area contributed by atoms with E-state index in [-0.39, 0.29) is 11.8 Å². The van der Waals surface area contributed by atoms with E-state index in [1.165, 1.54) is 47.9 Å². The molecule has 0 aliphatic rings. The lowest BCUT2D eigenvalue weighted by atomic mass is 9.99. The predicted octanol–water partition coefficient (Wildman–Crippen LogP) is 5.45. The largest absolute Gasteiger partial charge is 0.382 e. The highest BCUT2D eigenvalue weighted by molar-refractivity contribution is 5.82. The van der Waals surface area contributed by atoms with Gasteiger partial charge >= 0.3 is 0 Å². The molecule has 0 saturated heterocycles. The van der Waals surface area contributed by atoms with Gasteiger partial charge in [-0.1, -0.05) is 75.2 Å². The minimum absolute atomic E-state index is 0.113. The summed E-state index contributed by atoms with van der Waals surface area (Å²) in [6.07, 6.45) is 8.33. The van der Waals surface area contributed by atoms with E-state index in [1.807, 2.05) is 0 Å². The van der Waals surface area contributed by atoms with Crippen molar-refractivity contribution in [1.29, 1.82) is 0 Å². The smallest absolute Gasteiger partial charge is 0.224 e. The average Bonchev–Trinajstić information content (AvgIpc) is 2.83. The van der Waals surface area contributed by atoms with Crippen molar-refractivity contribution in [2.45, 2.75) is 65.2 Å². The topological polar surface area (TPSA) is 104 Å². The highest BCUT2D eigenvalue weighted by atomic mass is 15.1. The Labute approximate surface area is 201 Å². The lowest BCUT2D eigenvalue weighted by molar-refractivity contribution is 0.793. The third-order valence-corrected chi connectivity index (χ3v) is 6.13. The SMILES string of the molecule is CCCCc1ccc(Cc2nc3nc(N)nc(N)c3nc2Cc2cccc(CCCC)c2)cc1. The first-order chi connectivity index (χ1) is 16.6. The summed E-state index contributed by atoms with van der Waals surface area (Å²) in [7, 11) is 0. The van der Waals surface area contributed by atoms with Crippen molar-refractivity contribution in [3.05, 3.63) is 82.2 Å². The number of aryl methyl sites for hydroxylation is 2. The first-order valence-electron chi connectivity index (χ1n) is 12.3. The molecule has 34 heavy (non-hydrogen) atoms. The van der Waals surface area contributed by atoms with Crippen LogP contribution in [0.25, 0.3) is 11.2 Å². The van der Waals surface area contributed by atoms with Crippen molar-refractivity contribution < 1.29 is 0 Å². The molecule has 2 heterocycles. The minimum atomic E-state index is 0.113. The van der Waals surface area contributed by atoms with Crippen molar-refractivity contribution in [2.75, 3.05) is 11.5 Å². The molecule has 0 radical (unpaired) electrons. The number of hydrogen-bond acceptors (Lipinski definition) is 6. The second kappa shape index (κ2) is 11.1. The number of nitrogens with two attached hydrogens (primary N) is 2. The Balaban J connectivity index is 1.68. The summed E-state index contributed by atoms with van der Waals surface area (Å²) in [5.74, 6) is 0.377. The van der Waals surface area contributed by atoms with E-state index in [0.717, 1.165) is 24.2 Å². The number of hydrogen-bond donors (Lipinski definition) is 2. The molecule has 4 N–H and O–H groups in total. The highest BCUT2D eigenvalue weighted by Crippen LogP contribution is 2.22. The number of anilines is 2. The fourth-order valence-electron chi connectivity index (χ4n) is 4.20. The maximum absolute atomic E-state index is 6.12. The van der Waals surface area contributed by atoms with Crippen LogP contribution in [0, 0.1) is 0 Å². The summed E-state index contributed by atoms with van der Waals surface area (Å²) >= 11 is 0. The molecular formula is C28H34N6. The molecule has 0 fully saturated rings. The zero-order valence-electron chi connectivity index (χ0n) is 20.2. The number of fused-ring (bicyclic) bond motifs is 1. The van der Waals surface area contributed by atoms with Crippen molar-refractivity contribution >= 4 is 22.9 Å². The van der Waals surface area contributed by atoms with Gasteiger partial charge in [-0.15, -0.1) is 0 Å². The van der Waals surface area contributed by atoms with E-state index >= 15 is 0 Å². The molecule has 6 nitrogen and oxygen atoms in total. The van der Waals surface area contributed by atoms with Crippen LogP contribution in [0.1, 0.15) is 73.2 Å². The Kier molecular flexibility index (Phi) is 7.68. The molecular weight excluding hydrogens is 420 g/mol. The van der Waals surface area contributed by atoms with E-state index in [4.69, 9.17) is 21.4 Å². The molecule has 4 rings (SSSR count). The van der Waals surface area contributed by atoms with Crippen LogP contribution in [0.15, 0.2) is 48.5 Å². The molecule has 2 aromatic carbocycles. The van der Waals surface area contributed by atoms with Crippen molar-refractivity contribution in [3.63, 3.8) is 0 Å². The summed E-state index contributed by atoms with van der Waals surface area (Å²) in [4.78, 5) is 18.1. The van der Waals surface area contributed by atoms with Gasteiger partial charge in [-0.3, -0.25) is 0 Å². The van der Waals surface area contributed by atoms with Gasteiger partial charge in [0, 0.05) is 12.8 Å². The third kappa shape index (κ3) is 5.87. The molecule has 0 bridgehead atoms. The number of nitrogen functional groups attached to an aromatic ring is 2. The molecule has 0 aliphatic carbocycles. The van der Waals surface area contributed by atoms with Gasteiger partial charge < -0.3 is 11.5 Å². The average molecular weight is 455 g/mol. The Morgan fingerprint density at radius 3 is 2.00 bits per heavy atom. The van der Waals surface area contributed by atoms with Crippen LogP contribution in [-0.4, -0.2) is 19.9 Å². The second-order valence-electron chi connectivity index (χ2n) is 8.95. The Morgan fingerprint density at radius 2 is 1.26 bits per heavy atom. The summed E-state index contributed by atoms with van der Waals surface area (Å²) in [5.41, 5.74) is 19.8. The van der Waals surface area contributed by atoms with Gasteiger partial charge in [-0.25, -0.2) is 9.97 Å². The van der Waals surface area contributed by atoms with Gasteiger partial charge in [0.05, 0.1) is 11.4 Å². The standard InChI is InChI=1S/C28H34N6/c1-3-5-8-19-12-14-21(15-13-19)17-24-23(18-22-11-7-10-20(16-22)9-6-4-2)31-25-26(29)33-28(30)34-27(25)32-24/h7,10-16H,3-6,8-9,17-18H2,1-2H3,(H4,29,30,32,33,34). The van der Waals surface area contributed by atoms with Crippen LogP contribution < -0.4 is 11.5 Å². The molecule has 176 valence electrons. The van der Waals surface area contributed by atoms with Gasteiger partial charge in [-0.2, -0.15) is 9.97 Å². The Bertz CT molecular complexity index is 1250. The van der Waals surface area contributed by atoms with E-state index in [2.05, 4.69) is 72.3 Å². The monoisotopic (exact) mass is 454 g/mol. The van der Waals surface area contributed by atoms with Gasteiger partial charge in [0.25, 0.3) is 0 Å². The zero-order chi connectivity index (χ0) is 23.9. The van der Waals surface area contributed by atoms with Crippen LogP contribution in [-0.2, 0) is 25.7 Å². The lowest BCUT2D eigenvalue weighted by Gasteiger charge is -2.12. The quantitative estimate of drug-likeness (QED) is 0.330. The van der Waals surface area contributed by atoms with Gasteiger partial charge in [-0.05, 0) is 47.9 Å². The number of unbranched alkanes of at least 4 members (excludes halogenated alkanes) is 2. The summed E-state index contributed by atoms with van der Waals surface area (Å²) in [6.45, 7) is 4.44. The third-order valence-electron chi connectivity index (χ3n) is 6.13. The van der Waals surface area contributed by atoms with Gasteiger partial charge in [0.1, 0.15) is 0 Å². The normalized spacial score (nSPS) is 11.2. The van der Waals surface area contributed by atoms with Crippen molar-refractivity contribution in [2.24, 2.45) is 0 Å². The second-order valence-corrected chi connectivity index (χ2v) is 8.95. The molecule has 4 aromatic rings. The van der Waals surface area contributed by atoms with Gasteiger partial charge in [0.2, 0.25) is 5.95 Å². The summed E-state index contributed by atoms with van der Waals surface area (Å²) < 4.78 is 0. The molecule has 2 aromatic heterocycles. The van der Waals surface area contributed by atoms with E-state index in [1.54, 1.807) is 0 Å². The molecule has 0 aliphatic heterocycles. The van der Waals surface area contributed by atoms with Crippen LogP contribution >= 0.6 is 0 Å². The Morgan fingerprint density at radius 1 is 0.647 bits per heavy atom. The Hall–Kier alpha value is -3.54.